The van der Waals surface area contributed by atoms with Crippen molar-refractivity contribution in [2.75, 3.05) is 32.1 Å². The molecule has 2 N–H and O–H groups in total. The number of rotatable bonds is 6. The molecule has 0 bridgehead atoms. The average Bonchev–Trinajstić information content (AvgIpc) is 2.66. The minimum absolute atomic E-state index is 0.0374. The summed E-state index contributed by atoms with van der Waals surface area (Å²) in [5, 5.41) is 1.99. The van der Waals surface area contributed by atoms with E-state index in [9.17, 15) is 8.42 Å². The Labute approximate surface area is 101 Å². The van der Waals surface area contributed by atoms with Gasteiger partial charge in [0.05, 0.1) is 11.8 Å². The molecule has 0 aliphatic heterocycles. The summed E-state index contributed by atoms with van der Waals surface area (Å²) >= 11 is 1.63. The molecule has 16 heavy (non-hydrogen) atoms. The fourth-order valence-electron chi connectivity index (χ4n) is 1.34. The first-order chi connectivity index (χ1) is 7.38. The molecule has 0 saturated heterocycles. The molecule has 1 heterocycles. The Balaban J connectivity index is 2.37. The summed E-state index contributed by atoms with van der Waals surface area (Å²) in [6.45, 7) is 1.20. The van der Waals surface area contributed by atoms with E-state index in [1.807, 2.05) is 29.5 Å². The lowest BCUT2D eigenvalue weighted by molar-refractivity contribution is 0.331. The van der Waals surface area contributed by atoms with Gasteiger partial charge in [0.25, 0.3) is 0 Å². The lowest BCUT2D eigenvalue weighted by Gasteiger charge is -2.19. The molecule has 92 valence electrons. The van der Waals surface area contributed by atoms with Gasteiger partial charge in [-0.1, -0.05) is 6.07 Å². The van der Waals surface area contributed by atoms with E-state index >= 15 is 0 Å². The quantitative estimate of drug-likeness (QED) is 0.820. The summed E-state index contributed by atoms with van der Waals surface area (Å²) in [6, 6.07) is 3.93. The molecule has 0 fully saturated rings. The fraction of sp³-hybridized carbons (Fsp3) is 0.600. The highest BCUT2D eigenvalue weighted by Gasteiger charge is 2.11. The monoisotopic (exact) mass is 262 g/mol. The predicted octanol–water partition coefficient (Wildman–Crippen LogP) is 0.724. The molecule has 0 aromatic carbocycles. The van der Waals surface area contributed by atoms with Crippen LogP contribution < -0.4 is 5.73 Å². The van der Waals surface area contributed by atoms with Crippen molar-refractivity contribution in [3.8, 4) is 0 Å². The van der Waals surface area contributed by atoms with Gasteiger partial charge in [-0.3, -0.25) is 0 Å². The predicted molar refractivity (Wildman–Crippen MR) is 68.5 cm³/mol. The molecular formula is C10H18N2O2S2. The third kappa shape index (κ3) is 5.07. The van der Waals surface area contributed by atoms with Crippen molar-refractivity contribution in [2.45, 2.75) is 6.04 Å². The molecule has 0 amide bonds. The highest BCUT2D eigenvalue weighted by atomic mass is 32.2. The first-order valence-electron chi connectivity index (χ1n) is 5.04. The number of nitrogens with zero attached hydrogens (tertiary/aromatic N) is 1. The first-order valence-corrected chi connectivity index (χ1v) is 7.98. The van der Waals surface area contributed by atoms with E-state index < -0.39 is 9.84 Å². The summed E-state index contributed by atoms with van der Waals surface area (Å²) < 4.78 is 22.0. The lowest BCUT2D eigenvalue weighted by atomic mass is 10.2. The van der Waals surface area contributed by atoms with Crippen LogP contribution in [0.5, 0.6) is 0 Å². The van der Waals surface area contributed by atoms with Gasteiger partial charge in [-0.2, -0.15) is 0 Å². The lowest BCUT2D eigenvalue weighted by Crippen LogP contribution is -2.32. The van der Waals surface area contributed by atoms with Crippen molar-refractivity contribution >= 4 is 21.2 Å². The molecule has 1 atom stereocenters. The fourth-order valence-corrected chi connectivity index (χ4v) is 2.71. The molecule has 1 unspecified atom stereocenters. The van der Waals surface area contributed by atoms with E-state index in [2.05, 4.69) is 0 Å². The van der Waals surface area contributed by atoms with E-state index in [0.717, 1.165) is 4.88 Å². The Morgan fingerprint density at radius 2 is 2.25 bits per heavy atom. The number of sulfone groups is 1. The van der Waals surface area contributed by atoms with Gasteiger partial charge < -0.3 is 10.6 Å². The number of hydrogen-bond donors (Lipinski definition) is 1. The van der Waals surface area contributed by atoms with Gasteiger partial charge in [-0.25, -0.2) is 8.42 Å². The van der Waals surface area contributed by atoms with Crippen LogP contribution >= 0.6 is 11.3 Å². The normalized spacial score (nSPS) is 14.2. The van der Waals surface area contributed by atoms with E-state index in [-0.39, 0.29) is 11.8 Å². The van der Waals surface area contributed by atoms with E-state index in [0.29, 0.717) is 13.1 Å². The third-order valence-electron chi connectivity index (χ3n) is 2.26. The van der Waals surface area contributed by atoms with Crippen molar-refractivity contribution < 1.29 is 8.42 Å². The van der Waals surface area contributed by atoms with Crippen LogP contribution in [0.3, 0.4) is 0 Å². The van der Waals surface area contributed by atoms with Gasteiger partial charge >= 0.3 is 0 Å². The van der Waals surface area contributed by atoms with Crippen molar-refractivity contribution in [1.82, 2.24) is 4.90 Å². The van der Waals surface area contributed by atoms with Gasteiger partial charge in [0.15, 0.2) is 0 Å². The molecule has 1 aromatic heterocycles. The van der Waals surface area contributed by atoms with E-state index in [1.54, 1.807) is 11.3 Å². The van der Waals surface area contributed by atoms with Gasteiger partial charge in [-0.05, 0) is 18.5 Å². The Morgan fingerprint density at radius 3 is 2.75 bits per heavy atom. The molecule has 0 spiro atoms. The van der Waals surface area contributed by atoms with Gasteiger partial charge in [-0.15, -0.1) is 11.3 Å². The van der Waals surface area contributed by atoms with Crippen LogP contribution in [0.4, 0.5) is 0 Å². The second kappa shape index (κ2) is 5.77. The maximum Gasteiger partial charge on any atom is 0.148 e. The molecular weight excluding hydrogens is 244 g/mol. The Morgan fingerprint density at radius 1 is 1.56 bits per heavy atom. The Kier molecular flexibility index (Phi) is 4.91. The molecule has 0 aliphatic carbocycles. The van der Waals surface area contributed by atoms with Crippen molar-refractivity contribution in [3.05, 3.63) is 22.4 Å². The first kappa shape index (κ1) is 13.6. The molecule has 1 rings (SSSR count). The van der Waals surface area contributed by atoms with Gasteiger partial charge in [0, 0.05) is 24.2 Å². The maximum absolute atomic E-state index is 11.0. The molecule has 1 aromatic rings. The second-order valence-corrected chi connectivity index (χ2v) is 7.25. The molecule has 6 heteroatoms. The summed E-state index contributed by atoms with van der Waals surface area (Å²) in [7, 11) is -1.00. The topological polar surface area (TPSA) is 63.4 Å². The average molecular weight is 262 g/mol. The van der Waals surface area contributed by atoms with Crippen molar-refractivity contribution in [1.29, 1.82) is 0 Å². The summed E-state index contributed by atoms with van der Waals surface area (Å²) in [5.74, 6) is 0.181. The minimum atomic E-state index is -2.89. The SMILES string of the molecule is CN(CCS(C)(=O)=O)CC(N)c1cccs1. The van der Waals surface area contributed by atoms with Crippen molar-refractivity contribution in [3.63, 3.8) is 0 Å². The maximum atomic E-state index is 11.0. The number of nitrogens with two attached hydrogens (primary N) is 1. The standard InChI is InChI=1S/C10H18N2O2S2/c1-12(5-7-16(2,13)14)8-9(11)10-4-3-6-15-10/h3-4,6,9H,5,7-8,11H2,1-2H3. The number of hydrogen-bond acceptors (Lipinski definition) is 5. The Bertz CT molecular complexity index is 400. The van der Waals surface area contributed by atoms with Gasteiger partial charge in [0.1, 0.15) is 9.84 Å². The minimum Gasteiger partial charge on any atom is -0.322 e. The molecule has 4 nitrogen and oxygen atoms in total. The number of thiophene rings is 1. The zero-order valence-electron chi connectivity index (χ0n) is 9.59. The summed E-state index contributed by atoms with van der Waals surface area (Å²) in [6.07, 6.45) is 1.25. The summed E-state index contributed by atoms with van der Waals surface area (Å²) in [5.41, 5.74) is 6.00. The van der Waals surface area contributed by atoms with E-state index in [1.165, 1.54) is 6.26 Å². The van der Waals surface area contributed by atoms with Crippen LogP contribution in [0.2, 0.25) is 0 Å². The highest BCUT2D eigenvalue weighted by molar-refractivity contribution is 7.90. The molecule has 0 aliphatic rings. The Hall–Kier alpha value is -0.430. The van der Waals surface area contributed by atoms with E-state index in [4.69, 9.17) is 5.73 Å². The van der Waals surface area contributed by atoms with Crippen LogP contribution in [0.1, 0.15) is 10.9 Å². The van der Waals surface area contributed by atoms with Crippen molar-refractivity contribution in [2.24, 2.45) is 5.73 Å². The largest absolute Gasteiger partial charge is 0.322 e. The summed E-state index contributed by atoms with van der Waals surface area (Å²) in [4.78, 5) is 3.08. The zero-order valence-corrected chi connectivity index (χ0v) is 11.2. The smallest absolute Gasteiger partial charge is 0.148 e. The van der Waals surface area contributed by atoms with Crippen LogP contribution in [0, 0.1) is 0 Å². The number of likely N-dealkylation sites (N-methyl/N-ethyl adjacent to an activating group) is 1. The van der Waals surface area contributed by atoms with Crippen LogP contribution in [0.25, 0.3) is 0 Å². The van der Waals surface area contributed by atoms with Gasteiger partial charge in [0.2, 0.25) is 0 Å². The van der Waals surface area contributed by atoms with Crippen LogP contribution in [0.15, 0.2) is 17.5 Å². The van der Waals surface area contributed by atoms with Crippen LogP contribution in [-0.4, -0.2) is 45.5 Å². The zero-order chi connectivity index (χ0) is 12.2. The second-order valence-electron chi connectivity index (χ2n) is 4.01. The molecule has 0 radical (unpaired) electrons. The molecule has 0 saturated carbocycles. The highest BCUT2D eigenvalue weighted by Crippen LogP contribution is 2.17. The third-order valence-corrected chi connectivity index (χ3v) is 4.19. The van der Waals surface area contributed by atoms with Crippen LogP contribution in [-0.2, 0) is 9.84 Å².